The maximum absolute atomic E-state index is 12.4. The smallest absolute Gasteiger partial charge is 0.253 e. The number of likely N-dealkylation sites (N-methyl/N-ethyl adjacent to an activating group) is 1. The number of nitrogens with one attached hydrogen (secondary N) is 1. The number of carbonyl (C=O) groups is 1. The van der Waals surface area contributed by atoms with E-state index in [0.717, 1.165) is 25.2 Å². The van der Waals surface area contributed by atoms with Gasteiger partial charge in [0.1, 0.15) is 0 Å². The van der Waals surface area contributed by atoms with Gasteiger partial charge in [0, 0.05) is 38.2 Å². The number of carbonyl (C=O) groups excluding carboxylic acids is 1. The zero-order chi connectivity index (χ0) is 12.5. The minimum Gasteiger partial charge on any atom is -0.341 e. The predicted octanol–water partition coefficient (Wildman–Crippen LogP) is 1.27. The Morgan fingerprint density at radius 1 is 1.17 bits per heavy atom. The van der Waals surface area contributed by atoms with Gasteiger partial charge in [-0.25, -0.2) is 0 Å². The molecule has 1 aliphatic carbocycles. The molecule has 0 saturated carbocycles. The van der Waals surface area contributed by atoms with Crippen LogP contribution >= 0.6 is 0 Å². The molecule has 2 atom stereocenters. The number of hydrogen-bond donors (Lipinski definition) is 1. The first-order valence-corrected chi connectivity index (χ1v) is 6.49. The molecule has 0 bridgehead atoms. The molecule has 0 spiro atoms. The lowest BCUT2D eigenvalue weighted by Gasteiger charge is -2.19. The summed E-state index contributed by atoms with van der Waals surface area (Å²) in [6.07, 6.45) is 12.0. The molecule has 2 heterocycles. The third-order valence-electron chi connectivity index (χ3n) is 4.01. The van der Waals surface area contributed by atoms with Gasteiger partial charge in [0.2, 0.25) is 0 Å². The van der Waals surface area contributed by atoms with Gasteiger partial charge in [0.05, 0.1) is 0 Å². The van der Waals surface area contributed by atoms with Gasteiger partial charge < -0.3 is 10.2 Å². The third kappa shape index (κ3) is 1.85. The molecule has 0 aromatic carbocycles. The summed E-state index contributed by atoms with van der Waals surface area (Å²) >= 11 is 0. The Balaban J connectivity index is 2.09. The predicted molar refractivity (Wildman–Crippen MR) is 71.9 cm³/mol. The van der Waals surface area contributed by atoms with Crippen molar-refractivity contribution in [2.75, 3.05) is 26.7 Å². The highest BCUT2D eigenvalue weighted by Crippen LogP contribution is 2.34. The third-order valence-corrected chi connectivity index (χ3v) is 4.01. The summed E-state index contributed by atoms with van der Waals surface area (Å²) in [6.45, 7) is 2.83. The van der Waals surface area contributed by atoms with Crippen LogP contribution in [0.4, 0.5) is 0 Å². The van der Waals surface area contributed by atoms with Crippen LogP contribution < -0.4 is 5.32 Å². The molecule has 2 saturated heterocycles. The number of nitrogens with zero attached hydrogens (tertiary/aromatic N) is 1. The van der Waals surface area contributed by atoms with E-state index in [2.05, 4.69) is 11.4 Å². The molecule has 0 radical (unpaired) electrons. The average Bonchev–Trinajstić information content (AvgIpc) is 2.73. The molecule has 18 heavy (non-hydrogen) atoms. The summed E-state index contributed by atoms with van der Waals surface area (Å²) < 4.78 is 0. The maximum atomic E-state index is 12.4. The number of fused-ring (bicyclic) bond motifs is 3. The number of allylic oxidation sites excluding steroid dienone is 6. The molecule has 2 fully saturated rings. The van der Waals surface area contributed by atoms with E-state index in [-0.39, 0.29) is 5.91 Å². The highest BCUT2D eigenvalue weighted by Gasteiger charge is 2.38. The second-order valence-electron chi connectivity index (χ2n) is 5.18. The lowest BCUT2D eigenvalue weighted by molar-refractivity contribution is -0.125. The molecule has 2 unspecified atom stereocenters. The van der Waals surface area contributed by atoms with Crippen molar-refractivity contribution in [1.82, 2.24) is 10.2 Å². The van der Waals surface area contributed by atoms with Crippen molar-refractivity contribution in [3.8, 4) is 0 Å². The number of hydrogen-bond acceptors (Lipinski definition) is 2. The first kappa shape index (κ1) is 11.5. The lowest BCUT2D eigenvalue weighted by Crippen LogP contribution is -2.31. The molecule has 3 aliphatic rings. The fourth-order valence-electron chi connectivity index (χ4n) is 3.07. The van der Waals surface area contributed by atoms with Crippen molar-refractivity contribution in [1.29, 1.82) is 0 Å². The molecule has 0 aromatic heterocycles. The fraction of sp³-hybridized carbons (Fsp3) is 0.400. The Hall–Kier alpha value is -1.61. The average molecular weight is 242 g/mol. The Kier molecular flexibility index (Phi) is 2.92. The van der Waals surface area contributed by atoms with E-state index in [4.69, 9.17) is 0 Å². The number of rotatable bonds is 0. The Bertz CT molecular complexity index is 485. The molecular weight excluding hydrogens is 224 g/mol. The van der Waals surface area contributed by atoms with E-state index >= 15 is 0 Å². The molecule has 0 aromatic rings. The molecule has 2 aliphatic heterocycles. The molecule has 3 heteroatoms. The van der Waals surface area contributed by atoms with E-state index in [0.29, 0.717) is 11.8 Å². The molecular formula is C15H18N2O. The van der Waals surface area contributed by atoms with Crippen LogP contribution in [-0.2, 0) is 4.79 Å². The van der Waals surface area contributed by atoms with Crippen LogP contribution in [0.5, 0.6) is 0 Å². The number of amides is 1. The van der Waals surface area contributed by atoms with E-state index in [1.54, 1.807) is 0 Å². The van der Waals surface area contributed by atoms with Crippen LogP contribution in [0, 0.1) is 11.8 Å². The SMILES string of the molecule is CN1CC2CNCC2C2=C/C=C\C=C/C=C2C1=O. The fourth-order valence-corrected chi connectivity index (χ4v) is 3.07. The molecule has 3 nitrogen and oxygen atoms in total. The van der Waals surface area contributed by atoms with Gasteiger partial charge in [-0.05, 0) is 17.6 Å². The van der Waals surface area contributed by atoms with Gasteiger partial charge in [-0.3, -0.25) is 4.79 Å². The lowest BCUT2D eigenvalue weighted by atomic mass is 9.85. The van der Waals surface area contributed by atoms with Crippen molar-refractivity contribution in [3.63, 3.8) is 0 Å². The van der Waals surface area contributed by atoms with E-state index in [1.165, 1.54) is 5.57 Å². The van der Waals surface area contributed by atoms with Crippen LogP contribution in [0.1, 0.15) is 0 Å². The van der Waals surface area contributed by atoms with E-state index < -0.39 is 0 Å². The maximum Gasteiger partial charge on any atom is 0.253 e. The van der Waals surface area contributed by atoms with Crippen molar-refractivity contribution in [2.24, 2.45) is 11.8 Å². The number of likely N-dealkylation sites (tertiary alicyclic amines) is 1. The summed E-state index contributed by atoms with van der Waals surface area (Å²) in [6, 6.07) is 0. The zero-order valence-corrected chi connectivity index (χ0v) is 10.6. The van der Waals surface area contributed by atoms with Crippen LogP contribution in [0.15, 0.2) is 47.6 Å². The van der Waals surface area contributed by atoms with Crippen LogP contribution in [0.25, 0.3) is 0 Å². The highest BCUT2D eigenvalue weighted by molar-refractivity contribution is 5.98. The van der Waals surface area contributed by atoms with Crippen LogP contribution in [-0.4, -0.2) is 37.5 Å². The van der Waals surface area contributed by atoms with Gasteiger partial charge in [0.15, 0.2) is 0 Å². The topological polar surface area (TPSA) is 32.3 Å². The minimum atomic E-state index is 0.149. The van der Waals surface area contributed by atoms with Gasteiger partial charge in [-0.2, -0.15) is 0 Å². The summed E-state index contributed by atoms with van der Waals surface area (Å²) in [7, 11) is 1.90. The van der Waals surface area contributed by atoms with E-state index in [1.807, 2.05) is 42.3 Å². The van der Waals surface area contributed by atoms with Crippen LogP contribution in [0.3, 0.4) is 0 Å². The molecule has 1 amide bonds. The van der Waals surface area contributed by atoms with Crippen molar-refractivity contribution < 1.29 is 4.79 Å². The summed E-state index contributed by atoms with van der Waals surface area (Å²) in [5, 5.41) is 3.45. The van der Waals surface area contributed by atoms with Crippen molar-refractivity contribution >= 4 is 5.91 Å². The van der Waals surface area contributed by atoms with Gasteiger partial charge >= 0.3 is 0 Å². The standard InChI is InChI=1S/C15H18N2O/c1-17-10-11-8-16-9-14(11)12-6-4-2-3-5-7-13(12)15(17)18/h2-7,11,14,16H,8-10H2,1H3/b3-2?,4-2-,5-3-,6-4?,7-5?,12-6?,13-7?. The first-order chi connectivity index (χ1) is 8.77. The second-order valence-corrected chi connectivity index (χ2v) is 5.18. The Morgan fingerprint density at radius 2 is 1.94 bits per heavy atom. The summed E-state index contributed by atoms with van der Waals surface area (Å²) in [5.41, 5.74) is 2.05. The molecule has 3 rings (SSSR count). The quantitative estimate of drug-likeness (QED) is 0.694. The summed E-state index contributed by atoms with van der Waals surface area (Å²) in [5.74, 6) is 1.14. The van der Waals surface area contributed by atoms with Gasteiger partial charge in [0.25, 0.3) is 5.91 Å². The van der Waals surface area contributed by atoms with Crippen molar-refractivity contribution in [3.05, 3.63) is 47.6 Å². The molecule has 1 N–H and O–H groups in total. The van der Waals surface area contributed by atoms with Gasteiger partial charge in [-0.1, -0.05) is 30.4 Å². The largest absolute Gasteiger partial charge is 0.341 e. The van der Waals surface area contributed by atoms with E-state index in [9.17, 15) is 4.79 Å². The van der Waals surface area contributed by atoms with Crippen molar-refractivity contribution in [2.45, 2.75) is 0 Å². The Labute approximate surface area is 108 Å². The second kappa shape index (κ2) is 4.58. The Morgan fingerprint density at radius 3 is 2.78 bits per heavy atom. The molecule has 94 valence electrons. The normalized spacial score (nSPS) is 34.5. The zero-order valence-electron chi connectivity index (χ0n) is 10.6. The monoisotopic (exact) mass is 242 g/mol. The first-order valence-electron chi connectivity index (χ1n) is 6.49. The summed E-state index contributed by atoms with van der Waals surface area (Å²) in [4.78, 5) is 14.3. The highest BCUT2D eigenvalue weighted by atomic mass is 16.2. The minimum absolute atomic E-state index is 0.149. The van der Waals surface area contributed by atoms with Crippen LogP contribution in [0.2, 0.25) is 0 Å². The van der Waals surface area contributed by atoms with Gasteiger partial charge in [-0.15, -0.1) is 0 Å².